The normalized spacial score (nSPS) is 16.3. The highest BCUT2D eigenvalue weighted by atomic mass is 79.9. The highest BCUT2D eigenvalue weighted by molar-refractivity contribution is 9.10. The molecule has 0 unspecified atom stereocenters. The SMILES string of the molecule is COc1cc(/C=c2\sc3n(c2=O)[C@H](c2ccc(Br)cc2)C2=C(N=3)c3ccccc3CC2)ccc1OC(C)=O. The van der Waals surface area contributed by atoms with Gasteiger partial charge in [0.05, 0.1) is 23.4 Å². The lowest BCUT2D eigenvalue weighted by atomic mass is 9.83. The smallest absolute Gasteiger partial charge is 0.308 e. The second-order valence-electron chi connectivity index (χ2n) is 9.17. The lowest BCUT2D eigenvalue weighted by molar-refractivity contribution is -0.132. The summed E-state index contributed by atoms with van der Waals surface area (Å²) in [6.45, 7) is 1.34. The third-order valence-corrected chi connectivity index (χ3v) is 8.31. The third kappa shape index (κ3) is 4.33. The van der Waals surface area contributed by atoms with E-state index in [0.29, 0.717) is 20.8 Å². The second kappa shape index (κ2) is 9.85. The van der Waals surface area contributed by atoms with Gasteiger partial charge in [0.2, 0.25) is 0 Å². The zero-order valence-electron chi connectivity index (χ0n) is 20.7. The number of halogens is 1. The van der Waals surface area contributed by atoms with Crippen molar-refractivity contribution in [2.24, 2.45) is 4.99 Å². The van der Waals surface area contributed by atoms with E-state index >= 15 is 0 Å². The van der Waals surface area contributed by atoms with Gasteiger partial charge in [0.15, 0.2) is 16.3 Å². The number of aryl methyl sites for hydroxylation is 1. The number of carbonyl (C=O) groups is 1. The van der Waals surface area contributed by atoms with Crippen LogP contribution in [0.5, 0.6) is 11.5 Å². The summed E-state index contributed by atoms with van der Waals surface area (Å²) in [4.78, 5) is 31.1. The molecule has 190 valence electrons. The summed E-state index contributed by atoms with van der Waals surface area (Å²) in [7, 11) is 1.51. The Balaban J connectivity index is 1.54. The van der Waals surface area contributed by atoms with Gasteiger partial charge in [-0.3, -0.25) is 14.2 Å². The molecular formula is C30H23BrN2O4S. The fourth-order valence-electron chi connectivity index (χ4n) is 5.13. The van der Waals surface area contributed by atoms with Crippen molar-refractivity contribution in [1.82, 2.24) is 4.57 Å². The molecule has 0 fully saturated rings. The minimum Gasteiger partial charge on any atom is -0.493 e. The van der Waals surface area contributed by atoms with E-state index in [1.165, 1.54) is 30.9 Å². The van der Waals surface area contributed by atoms with Crippen molar-refractivity contribution in [2.75, 3.05) is 7.11 Å². The molecule has 2 aliphatic rings. The minimum absolute atomic E-state index is 0.0879. The Bertz CT molecular complexity index is 1800. The third-order valence-electron chi connectivity index (χ3n) is 6.80. The molecule has 2 heterocycles. The number of allylic oxidation sites excluding steroid dienone is 1. The molecule has 1 aliphatic heterocycles. The van der Waals surface area contributed by atoms with Gasteiger partial charge >= 0.3 is 5.97 Å². The fraction of sp³-hybridized carbons (Fsp3) is 0.167. The van der Waals surface area contributed by atoms with E-state index in [1.54, 1.807) is 18.2 Å². The van der Waals surface area contributed by atoms with Crippen LogP contribution in [0.4, 0.5) is 0 Å². The summed E-state index contributed by atoms with van der Waals surface area (Å²) in [5.74, 6) is 0.324. The Morgan fingerprint density at radius 2 is 1.87 bits per heavy atom. The molecule has 0 amide bonds. The number of methoxy groups -OCH3 is 1. The van der Waals surface area contributed by atoms with E-state index < -0.39 is 5.97 Å². The molecule has 0 N–H and O–H groups in total. The van der Waals surface area contributed by atoms with Gasteiger partial charge in [0, 0.05) is 17.0 Å². The molecule has 6 nitrogen and oxygen atoms in total. The molecule has 6 rings (SSSR count). The molecule has 3 aromatic carbocycles. The first-order valence-electron chi connectivity index (χ1n) is 12.2. The van der Waals surface area contributed by atoms with Crippen LogP contribution < -0.4 is 24.4 Å². The number of aromatic nitrogens is 1. The summed E-state index contributed by atoms with van der Waals surface area (Å²) < 4.78 is 14.0. The molecule has 0 spiro atoms. The lowest BCUT2D eigenvalue weighted by Crippen LogP contribution is -2.38. The highest BCUT2D eigenvalue weighted by Crippen LogP contribution is 2.41. The Labute approximate surface area is 231 Å². The average molecular weight is 587 g/mol. The number of nitrogens with zero attached hydrogens (tertiary/aromatic N) is 2. The summed E-state index contributed by atoms with van der Waals surface area (Å²) in [6, 6.07) is 21.5. The number of fused-ring (bicyclic) bond motifs is 3. The zero-order chi connectivity index (χ0) is 26.4. The first-order valence-corrected chi connectivity index (χ1v) is 13.8. The van der Waals surface area contributed by atoms with Crippen LogP contribution in [-0.4, -0.2) is 17.6 Å². The lowest BCUT2D eigenvalue weighted by Gasteiger charge is -2.30. The van der Waals surface area contributed by atoms with Gasteiger partial charge in [-0.05, 0) is 65.4 Å². The molecule has 1 aromatic heterocycles. The Morgan fingerprint density at radius 1 is 1.08 bits per heavy atom. The van der Waals surface area contributed by atoms with Crippen molar-refractivity contribution in [1.29, 1.82) is 0 Å². The fourth-order valence-corrected chi connectivity index (χ4v) is 6.40. The van der Waals surface area contributed by atoms with E-state index in [-0.39, 0.29) is 11.6 Å². The van der Waals surface area contributed by atoms with Gasteiger partial charge in [-0.25, -0.2) is 4.99 Å². The van der Waals surface area contributed by atoms with Crippen LogP contribution in [-0.2, 0) is 11.2 Å². The monoisotopic (exact) mass is 586 g/mol. The summed E-state index contributed by atoms with van der Waals surface area (Å²) >= 11 is 4.91. The maximum Gasteiger partial charge on any atom is 0.308 e. The first-order chi connectivity index (χ1) is 18.4. The predicted molar refractivity (Wildman–Crippen MR) is 151 cm³/mol. The Kier molecular flexibility index (Phi) is 6.37. The van der Waals surface area contributed by atoms with Crippen LogP contribution in [0.25, 0.3) is 11.8 Å². The summed E-state index contributed by atoms with van der Waals surface area (Å²) in [6.07, 6.45) is 3.59. The molecule has 1 atom stereocenters. The number of hydrogen-bond acceptors (Lipinski definition) is 6. The molecule has 1 aliphatic carbocycles. The van der Waals surface area contributed by atoms with Crippen LogP contribution >= 0.6 is 27.3 Å². The van der Waals surface area contributed by atoms with Crippen molar-refractivity contribution in [3.05, 3.63) is 119 Å². The maximum atomic E-state index is 13.9. The molecule has 4 aromatic rings. The van der Waals surface area contributed by atoms with Crippen molar-refractivity contribution < 1.29 is 14.3 Å². The maximum absolute atomic E-state index is 13.9. The topological polar surface area (TPSA) is 69.9 Å². The summed E-state index contributed by atoms with van der Waals surface area (Å²) in [5, 5.41) is 0. The number of hydrogen-bond donors (Lipinski definition) is 0. The summed E-state index contributed by atoms with van der Waals surface area (Å²) in [5.41, 5.74) is 6.28. The van der Waals surface area contributed by atoms with Crippen LogP contribution in [0.1, 0.15) is 41.6 Å². The predicted octanol–water partition coefficient (Wildman–Crippen LogP) is 5.02. The number of ether oxygens (including phenoxy) is 2. The zero-order valence-corrected chi connectivity index (χ0v) is 23.1. The molecule has 0 saturated carbocycles. The number of rotatable bonds is 4. The Hall–Kier alpha value is -3.75. The van der Waals surface area contributed by atoms with Gasteiger partial charge in [0.25, 0.3) is 5.56 Å². The van der Waals surface area contributed by atoms with E-state index in [2.05, 4.69) is 46.3 Å². The van der Waals surface area contributed by atoms with Gasteiger partial charge in [-0.15, -0.1) is 0 Å². The Morgan fingerprint density at radius 3 is 2.63 bits per heavy atom. The van der Waals surface area contributed by atoms with Gasteiger partial charge in [0.1, 0.15) is 0 Å². The van der Waals surface area contributed by atoms with Crippen LogP contribution in [0, 0.1) is 0 Å². The van der Waals surface area contributed by atoms with Crippen LogP contribution in [0.15, 0.2) is 86.6 Å². The largest absolute Gasteiger partial charge is 0.493 e. The molecule has 0 saturated heterocycles. The molecular weight excluding hydrogens is 564 g/mol. The van der Waals surface area contributed by atoms with Gasteiger partial charge < -0.3 is 9.47 Å². The molecule has 8 heteroatoms. The highest BCUT2D eigenvalue weighted by Gasteiger charge is 2.32. The van der Waals surface area contributed by atoms with Crippen molar-refractivity contribution >= 4 is 45.0 Å². The second-order valence-corrected chi connectivity index (χ2v) is 11.1. The van der Waals surface area contributed by atoms with Crippen molar-refractivity contribution in [3.8, 4) is 11.5 Å². The van der Waals surface area contributed by atoms with E-state index in [1.807, 2.05) is 28.8 Å². The van der Waals surface area contributed by atoms with Gasteiger partial charge in [-0.1, -0.05) is 69.7 Å². The first kappa shape index (κ1) is 24.6. The van der Waals surface area contributed by atoms with Crippen molar-refractivity contribution in [2.45, 2.75) is 25.8 Å². The quantitative estimate of drug-likeness (QED) is 0.249. The number of thiazole rings is 1. The molecule has 0 bridgehead atoms. The standard InChI is InChI=1S/C30H23BrN2O4S/c1-17(34)37-24-14-7-18(15-25(24)36-2)16-26-29(35)33-28(20-8-11-21(31)12-9-20)23-13-10-19-5-3-4-6-22(19)27(23)32-30(33)38-26/h3-9,11-12,14-16,28H,10,13H2,1-2H3/b26-16-/t28-/m1/s1. The average Bonchev–Trinajstić information content (AvgIpc) is 3.22. The van der Waals surface area contributed by atoms with E-state index in [9.17, 15) is 9.59 Å². The van der Waals surface area contributed by atoms with Crippen LogP contribution in [0.2, 0.25) is 0 Å². The minimum atomic E-state index is -0.428. The number of carbonyl (C=O) groups excluding carboxylic acids is 1. The number of esters is 1. The molecule has 0 radical (unpaired) electrons. The van der Waals surface area contributed by atoms with Gasteiger partial charge in [-0.2, -0.15) is 0 Å². The number of benzene rings is 3. The molecule has 38 heavy (non-hydrogen) atoms. The van der Waals surface area contributed by atoms with E-state index in [4.69, 9.17) is 14.5 Å². The van der Waals surface area contributed by atoms with Crippen molar-refractivity contribution in [3.63, 3.8) is 0 Å². The van der Waals surface area contributed by atoms with Crippen LogP contribution in [0.3, 0.4) is 0 Å². The van der Waals surface area contributed by atoms with E-state index in [0.717, 1.165) is 45.3 Å².